The Morgan fingerprint density at radius 1 is 1.50 bits per heavy atom. The van der Waals surface area contributed by atoms with E-state index in [1.807, 2.05) is 6.20 Å². The lowest BCUT2D eigenvalue weighted by molar-refractivity contribution is 0.646. The molecule has 0 saturated carbocycles. The summed E-state index contributed by atoms with van der Waals surface area (Å²) in [6.45, 7) is 1.13. The third kappa shape index (κ3) is 1.19. The molecule has 0 aromatic carbocycles. The Kier molecular flexibility index (Phi) is 1.73. The number of pyridine rings is 1. The standard InChI is InChI=1S/C10H12N4/c1-2-9(11-4-1)8-3-5-14-10(6-8)12-7-13-14/h3,5-7,9,11H,1-2,4H2. The summed E-state index contributed by atoms with van der Waals surface area (Å²) in [6.07, 6.45) is 6.05. The van der Waals surface area contributed by atoms with Gasteiger partial charge in [-0.1, -0.05) is 0 Å². The minimum absolute atomic E-state index is 0.511. The highest BCUT2D eigenvalue weighted by molar-refractivity contribution is 5.40. The second kappa shape index (κ2) is 3.06. The molecule has 2 aromatic rings. The molecular formula is C10H12N4. The first-order valence-electron chi connectivity index (χ1n) is 4.96. The molecule has 1 atom stereocenters. The SMILES string of the molecule is c1nc2cc(C3CCCN3)ccn2n1. The summed E-state index contributed by atoms with van der Waals surface area (Å²) in [5.74, 6) is 0. The van der Waals surface area contributed by atoms with Crippen LogP contribution in [-0.4, -0.2) is 21.1 Å². The van der Waals surface area contributed by atoms with Crippen LogP contribution in [0.15, 0.2) is 24.7 Å². The minimum atomic E-state index is 0.511. The second-order valence-corrected chi connectivity index (χ2v) is 3.67. The number of nitrogens with one attached hydrogen (secondary N) is 1. The minimum Gasteiger partial charge on any atom is -0.310 e. The van der Waals surface area contributed by atoms with E-state index in [1.54, 1.807) is 10.8 Å². The molecule has 1 aliphatic heterocycles. The van der Waals surface area contributed by atoms with E-state index in [1.165, 1.54) is 18.4 Å². The summed E-state index contributed by atoms with van der Waals surface area (Å²) in [4.78, 5) is 4.17. The fraction of sp³-hybridized carbons (Fsp3) is 0.400. The van der Waals surface area contributed by atoms with Gasteiger partial charge >= 0.3 is 0 Å². The van der Waals surface area contributed by atoms with Gasteiger partial charge in [0.15, 0.2) is 5.65 Å². The monoisotopic (exact) mass is 188 g/mol. The average molecular weight is 188 g/mol. The largest absolute Gasteiger partial charge is 0.310 e. The molecule has 0 spiro atoms. The molecule has 1 unspecified atom stereocenters. The molecule has 14 heavy (non-hydrogen) atoms. The van der Waals surface area contributed by atoms with Crippen molar-refractivity contribution in [2.75, 3.05) is 6.54 Å². The highest BCUT2D eigenvalue weighted by atomic mass is 15.3. The number of aromatic nitrogens is 3. The Labute approximate surface area is 82.0 Å². The van der Waals surface area contributed by atoms with E-state index in [-0.39, 0.29) is 0 Å². The Morgan fingerprint density at radius 2 is 2.50 bits per heavy atom. The highest BCUT2D eigenvalue weighted by Gasteiger charge is 2.16. The number of rotatable bonds is 1. The van der Waals surface area contributed by atoms with Gasteiger partial charge in [0.2, 0.25) is 0 Å². The zero-order valence-electron chi connectivity index (χ0n) is 7.85. The summed E-state index contributed by atoms with van der Waals surface area (Å²) in [7, 11) is 0. The lowest BCUT2D eigenvalue weighted by Gasteiger charge is -2.09. The van der Waals surface area contributed by atoms with Gasteiger partial charge in [0.25, 0.3) is 0 Å². The molecule has 4 nitrogen and oxygen atoms in total. The number of nitrogens with zero attached hydrogens (tertiary/aromatic N) is 3. The van der Waals surface area contributed by atoms with Gasteiger partial charge in [0.05, 0.1) is 0 Å². The van der Waals surface area contributed by atoms with Crippen LogP contribution in [0.3, 0.4) is 0 Å². The van der Waals surface area contributed by atoms with Crippen LogP contribution in [-0.2, 0) is 0 Å². The van der Waals surface area contributed by atoms with E-state index in [0.717, 1.165) is 12.2 Å². The molecule has 0 aliphatic carbocycles. The first-order valence-corrected chi connectivity index (χ1v) is 4.96. The second-order valence-electron chi connectivity index (χ2n) is 3.67. The molecule has 1 aliphatic rings. The Hall–Kier alpha value is -1.42. The van der Waals surface area contributed by atoms with Crippen molar-refractivity contribution in [1.82, 2.24) is 19.9 Å². The van der Waals surface area contributed by atoms with E-state index in [9.17, 15) is 0 Å². The summed E-state index contributed by atoms with van der Waals surface area (Å²) in [6, 6.07) is 4.73. The van der Waals surface area contributed by atoms with Gasteiger partial charge in [-0.05, 0) is 37.1 Å². The van der Waals surface area contributed by atoms with Gasteiger partial charge in [-0.3, -0.25) is 0 Å². The zero-order valence-corrected chi connectivity index (χ0v) is 7.85. The summed E-state index contributed by atoms with van der Waals surface area (Å²) in [5, 5.41) is 7.54. The van der Waals surface area contributed by atoms with Crippen LogP contribution < -0.4 is 5.32 Å². The van der Waals surface area contributed by atoms with Crippen molar-refractivity contribution in [1.29, 1.82) is 0 Å². The summed E-state index contributed by atoms with van der Waals surface area (Å²) < 4.78 is 1.79. The van der Waals surface area contributed by atoms with Gasteiger partial charge in [-0.2, -0.15) is 5.10 Å². The number of fused-ring (bicyclic) bond motifs is 1. The van der Waals surface area contributed by atoms with Crippen LogP contribution in [0.4, 0.5) is 0 Å². The summed E-state index contributed by atoms with van der Waals surface area (Å²) >= 11 is 0. The number of hydrogen-bond donors (Lipinski definition) is 1. The molecule has 2 aromatic heterocycles. The van der Waals surface area contributed by atoms with Gasteiger partial charge in [0, 0.05) is 12.2 Å². The van der Waals surface area contributed by atoms with E-state index in [4.69, 9.17) is 0 Å². The van der Waals surface area contributed by atoms with Crippen molar-refractivity contribution >= 4 is 5.65 Å². The third-order valence-electron chi connectivity index (χ3n) is 2.77. The van der Waals surface area contributed by atoms with Gasteiger partial charge < -0.3 is 5.32 Å². The van der Waals surface area contributed by atoms with Crippen LogP contribution in [0.5, 0.6) is 0 Å². The zero-order chi connectivity index (χ0) is 9.38. The predicted molar refractivity (Wildman–Crippen MR) is 53.0 cm³/mol. The molecule has 0 amide bonds. The lowest BCUT2D eigenvalue weighted by atomic mass is 10.1. The molecule has 1 fully saturated rings. The van der Waals surface area contributed by atoms with E-state index in [2.05, 4.69) is 27.5 Å². The smallest absolute Gasteiger partial charge is 0.155 e. The van der Waals surface area contributed by atoms with E-state index >= 15 is 0 Å². The fourth-order valence-electron chi connectivity index (χ4n) is 2.02. The molecule has 3 rings (SSSR count). The van der Waals surface area contributed by atoms with Crippen molar-refractivity contribution in [3.05, 3.63) is 30.2 Å². The Morgan fingerprint density at radius 3 is 3.36 bits per heavy atom. The third-order valence-corrected chi connectivity index (χ3v) is 2.77. The van der Waals surface area contributed by atoms with Gasteiger partial charge in [-0.25, -0.2) is 9.50 Å². The van der Waals surface area contributed by atoms with Crippen LogP contribution in [0.25, 0.3) is 5.65 Å². The topological polar surface area (TPSA) is 42.2 Å². The van der Waals surface area contributed by atoms with Crippen LogP contribution >= 0.6 is 0 Å². The summed E-state index contributed by atoms with van der Waals surface area (Å²) in [5.41, 5.74) is 2.25. The lowest BCUT2D eigenvalue weighted by Crippen LogP contribution is -2.12. The molecule has 4 heteroatoms. The van der Waals surface area contributed by atoms with Crippen molar-refractivity contribution in [2.24, 2.45) is 0 Å². The predicted octanol–water partition coefficient (Wildman–Crippen LogP) is 1.15. The van der Waals surface area contributed by atoms with Crippen LogP contribution in [0.2, 0.25) is 0 Å². The Bertz CT molecular complexity index is 442. The first-order chi connectivity index (χ1) is 6.93. The highest BCUT2D eigenvalue weighted by Crippen LogP contribution is 2.23. The molecular weight excluding hydrogens is 176 g/mol. The average Bonchev–Trinajstić information content (AvgIpc) is 2.88. The molecule has 1 saturated heterocycles. The van der Waals surface area contributed by atoms with Crippen molar-refractivity contribution in [3.63, 3.8) is 0 Å². The molecule has 1 N–H and O–H groups in total. The van der Waals surface area contributed by atoms with Crippen molar-refractivity contribution in [2.45, 2.75) is 18.9 Å². The van der Waals surface area contributed by atoms with Crippen LogP contribution in [0, 0.1) is 0 Å². The van der Waals surface area contributed by atoms with Crippen molar-refractivity contribution in [3.8, 4) is 0 Å². The fourth-order valence-corrected chi connectivity index (χ4v) is 2.02. The normalized spacial score (nSPS) is 21.9. The maximum atomic E-state index is 4.17. The maximum absolute atomic E-state index is 4.17. The van der Waals surface area contributed by atoms with Crippen molar-refractivity contribution < 1.29 is 0 Å². The first kappa shape index (κ1) is 7.94. The molecule has 0 bridgehead atoms. The van der Waals surface area contributed by atoms with Gasteiger partial charge in [-0.15, -0.1) is 0 Å². The van der Waals surface area contributed by atoms with Crippen LogP contribution in [0.1, 0.15) is 24.4 Å². The molecule has 72 valence electrons. The maximum Gasteiger partial charge on any atom is 0.155 e. The van der Waals surface area contributed by atoms with Gasteiger partial charge in [0.1, 0.15) is 6.33 Å². The van der Waals surface area contributed by atoms with E-state index in [0.29, 0.717) is 6.04 Å². The Balaban J connectivity index is 2.04. The molecule has 3 heterocycles. The molecule has 0 radical (unpaired) electrons. The quantitative estimate of drug-likeness (QED) is 0.730. The van der Waals surface area contributed by atoms with E-state index < -0.39 is 0 Å². The number of hydrogen-bond acceptors (Lipinski definition) is 3.